The maximum atomic E-state index is 13.6. The van der Waals surface area contributed by atoms with Crippen molar-refractivity contribution in [2.75, 3.05) is 26.2 Å². The summed E-state index contributed by atoms with van der Waals surface area (Å²) in [5.41, 5.74) is -0.584. The van der Waals surface area contributed by atoms with Crippen molar-refractivity contribution in [3.8, 4) is 11.8 Å². The second-order valence-corrected chi connectivity index (χ2v) is 12.3. The van der Waals surface area contributed by atoms with Crippen molar-refractivity contribution in [1.29, 1.82) is 0 Å². The molecular weight excluding hydrogens is 452 g/mol. The molecule has 36 heavy (non-hydrogen) atoms. The van der Waals surface area contributed by atoms with E-state index >= 15 is 0 Å². The summed E-state index contributed by atoms with van der Waals surface area (Å²) in [6.07, 6.45) is 14.6. The molecule has 6 nitrogen and oxygen atoms in total. The number of Topliss-reactive ketones (excluding diaryl/α,β-unsaturated/α-hetero) is 1. The number of piperidine rings is 1. The zero-order chi connectivity index (χ0) is 25.8. The summed E-state index contributed by atoms with van der Waals surface area (Å²) < 4.78 is 5.79. The van der Waals surface area contributed by atoms with E-state index in [4.69, 9.17) is 9.84 Å². The van der Waals surface area contributed by atoms with E-state index < -0.39 is 5.60 Å². The number of carbonyl (C=O) groups is 2. The van der Waals surface area contributed by atoms with Gasteiger partial charge in [-0.2, -0.15) is 0 Å². The lowest BCUT2D eigenvalue weighted by molar-refractivity contribution is -0.139. The molecule has 1 saturated carbocycles. The van der Waals surface area contributed by atoms with E-state index in [0.29, 0.717) is 37.3 Å². The van der Waals surface area contributed by atoms with Crippen LogP contribution < -0.4 is 0 Å². The Labute approximate surface area is 217 Å². The number of carbonyl (C=O) groups excluding carboxylic acids is 2. The van der Waals surface area contributed by atoms with Gasteiger partial charge in [0, 0.05) is 62.4 Å². The van der Waals surface area contributed by atoms with Crippen LogP contribution in [-0.2, 0) is 9.53 Å². The summed E-state index contributed by atoms with van der Waals surface area (Å²) >= 11 is 0. The van der Waals surface area contributed by atoms with Crippen molar-refractivity contribution >= 4 is 11.9 Å². The number of aliphatic hydroxyl groups excluding tert-OH is 1. The van der Waals surface area contributed by atoms with Gasteiger partial charge in [-0.15, -0.1) is 11.8 Å². The lowest BCUT2D eigenvalue weighted by Gasteiger charge is -2.55. The van der Waals surface area contributed by atoms with Crippen LogP contribution in [-0.4, -0.2) is 70.7 Å². The summed E-state index contributed by atoms with van der Waals surface area (Å²) in [5, 5.41) is 8.96. The van der Waals surface area contributed by atoms with Gasteiger partial charge in [0.15, 0.2) is 0 Å². The average Bonchev–Trinajstić information content (AvgIpc) is 3.09. The molecule has 0 aromatic heterocycles. The first kappa shape index (κ1) is 27.2. The number of likely N-dealkylation sites (tertiary alicyclic amines) is 1. The summed E-state index contributed by atoms with van der Waals surface area (Å²) in [5.74, 6) is 7.26. The van der Waals surface area contributed by atoms with E-state index in [1.165, 1.54) is 6.42 Å². The predicted molar refractivity (Wildman–Crippen MR) is 141 cm³/mol. The van der Waals surface area contributed by atoms with E-state index in [0.717, 1.165) is 64.3 Å². The standard InChI is InChI=1S/C30H46N2O4/c1-29(2,3)36-28(35)31-18-16-23-20-26(34)25(15-11-6-4-5-9-13-19-33)27-30(23,22-31)21-24-14-10-7-8-12-17-32(24)27/h10,14,23-25,27,33H,5,7-9,11-13,15-22H2,1-3H3/b14-10-/t23-,24-,25?,27-,30-/m0/s1. The fourth-order valence-corrected chi connectivity index (χ4v) is 7.22. The Balaban J connectivity index is 1.59. The number of unbranched alkanes of at least 4 members (excludes halogenated alkanes) is 2. The van der Waals surface area contributed by atoms with Crippen LogP contribution in [0.5, 0.6) is 0 Å². The minimum absolute atomic E-state index is 0.0237. The van der Waals surface area contributed by atoms with Gasteiger partial charge in [0.1, 0.15) is 11.4 Å². The number of amides is 1. The summed E-state index contributed by atoms with van der Waals surface area (Å²) in [6.45, 7) is 8.37. The molecule has 0 radical (unpaired) electrons. The molecule has 1 amide bonds. The van der Waals surface area contributed by atoms with Gasteiger partial charge >= 0.3 is 6.09 Å². The topological polar surface area (TPSA) is 70.1 Å². The highest BCUT2D eigenvalue weighted by Crippen LogP contribution is 2.58. The van der Waals surface area contributed by atoms with E-state index in [1.807, 2.05) is 25.7 Å². The van der Waals surface area contributed by atoms with Crippen molar-refractivity contribution in [3.63, 3.8) is 0 Å². The van der Waals surface area contributed by atoms with E-state index in [2.05, 4.69) is 28.9 Å². The Bertz CT molecular complexity index is 882. The van der Waals surface area contributed by atoms with Crippen LogP contribution in [0.15, 0.2) is 12.2 Å². The third kappa shape index (κ3) is 6.00. The number of allylic oxidation sites excluding steroid dienone is 1. The normalized spacial score (nSPS) is 33.3. The molecule has 2 saturated heterocycles. The number of fused-ring (bicyclic) bond motifs is 2. The van der Waals surface area contributed by atoms with Gasteiger partial charge in [-0.1, -0.05) is 12.2 Å². The average molecular weight is 499 g/mol. The smallest absolute Gasteiger partial charge is 0.410 e. The molecule has 4 aliphatic rings. The molecule has 6 heteroatoms. The van der Waals surface area contributed by atoms with Gasteiger partial charge in [0.05, 0.1) is 0 Å². The first-order chi connectivity index (χ1) is 17.2. The molecule has 1 N–H and O–H groups in total. The highest BCUT2D eigenvalue weighted by Gasteiger charge is 2.63. The lowest BCUT2D eigenvalue weighted by Crippen LogP contribution is -2.63. The third-order valence-electron chi connectivity index (χ3n) is 8.71. The maximum absolute atomic E-state index is 13.6. The number of nitrogens with zero attached hydrogens (tertiary/aromatic N) is 2. The van der Waals surface area contributed by atoms with Crippen LogP contribution in [0.3, 0.4) is 0 Å². The van der Waals surface area contributed by atoms with Crippen molar-refractivity contribution in [1.82, 2.24) is 9.80 Å². The van der Waals surface area contributed by atoms with Crippen LogP contribution in [0.25, 0.3) is 0 Å². The molecule has 0 aromatic carbocycles. The van der Waals surface area contributed by atoms with Crippen LogP contribution in [0.4, 0.5) is 4.79 Å². The molecule has 200 valence electrons. The van der Waals surface area contributed by atoms with Gasteiger partial charge in [-0.05, 0) is 84.6 Å². The third-order valence-corrected chi connectivity index (χ3v) is 8.71. The molecule has 3 heterocycles. The SMILES string of the molecule is CC(C)(C)OC(=O)N1CC[C@H]2CC(=O)C(CCC#CCCCCO)[C@@H]3N4CCCC/C=C\[C@H]4C[C@]23C1. The lowest BCUT2D eigenvalue weighted by atomic mass is 9.56. The fraction of sp³-hybridized carbons (Fsp3) is 0.800. The minimum Gasteiger partial charge on any atom is -0.444 e. The Hall–Kier alpha value is -1.84. The molecule has 0 bridgehead atoms. The second kappa shape index (κ2) is 11.7. The number of rotatable bonds is 5. The van der Waals surface area contributed by atoms with E-state index in [-0.39, 0.29) is 30.1 Å². The monoisotopic (exact) mass is 498 g/mol. The van der Waals surface area contributed by atoms with Crippen molar-refractivity contribution < 1.29 is 19.4 Å². The summed E-state index contributed by atoms with van der Waals surface area (Å²) in [7, 11) is 0. The van der Waals surface area contributed by atoms with Crippen molar-refractivity contribution in [2.24, 2.45) is 17.3 Å². The summed E-state index contributed by atoms with van der Waals surface area (Å²) in [6, 6.07) is 0.507. The highest BCUT2D eigenvalue weighted by atomic mass is 16.6. The number of ketones is 1. The fourth-order valence-electron chi connectivity index (χ4n) is 7.22. The van der Waals surface area contributed by atoms with Crippen molar-refractivity contribution in [3.05, 3.63) is 12.2 Å². The molecule has 1 unspecified atom stereocenters. The molecule has 1 aliphatic carbocycles. The van der Waals surface area contributed by atoms with Gasteiger partial charge in [0.25, 0.3) is 0 Å². The maximum Gasteiger partial charge on any atom is 0.410 e. The molecule has 1 spiro atoms. The van der Waals surface area contributed by atoms with Crippen LogP contribution in [0.1, 0.15) is 91.4 Å². The molecular formula is C30H46N2O4. The van der Waals surface area contributed by atoms with Gasteiger partial charge in [0.2, 0.25) is 0 Å². The first-order valence-electron chi connectivity index (χ1n) is 14.2. The van der Waals surface area contributed by atoms with Gasteiger partial charge in [-0.3, -0.25) is 9.69 Å². The largest absolute Gasteiger partial charge is 0.444 e. The van der Waals surface area contributed by atoms with Crippen LogP contribution >= 0.6 is 0 Å². The molecule has 0 aromatic rings. The first-order valence-corrected chi connectivity index (χ1v) is 14.2. The number of ether oxygens (including phenoxy) is 1. The molecule has 5 atom stereocenters. The molecule has 4 rings (SSSR count). The quantitative estimate of drug-likeness (QED) is 0.330. The van der Waals surface area contributed by atoms with Crippen LogP contribution in [0, 0.1) is 29.1 Å². The Morgan fingerprint density at radius 3 is 2.78 bits per heavy atom. The van der Waals surface area contributed by atoms with Crippen molar-refractivity contribution in [2.45, 2.75) is 109 Å². The Kier molecular flexibility index (Phi) is 8.83. The van der Waals surface area contributed by atoms with Crippen LogP contribution in [0.2, 0.25) is 0 Å². The Morgan fingerprint density at radius 2 is 2.00 bits per heavy atom. The van der Waals surface area contributed by atoms with E-state index in [9.17, 15) is 9.59 Å². The summed E-state index contributed by atoms with van der Waals surface area (Å²) in [4.78, 5) is 31.3. The Morgan fingerprint density at radius 1 is 1.19 bits per heavy atom. The zero-order valence-corrected chi connectivity index (χ0v) is 22.6. The number of hydrogen-bond donors (Lipinski definition) is 1. The molecule has 3 aliphatic heterocycles. The van der Waals surface area contributed by atoms with Gasteiger partial charge < -0.3 is 14.7 Å². The zero-order valence-electron chi connectivity index (χ0n) is 22.6. The number of aliphatic hydroxyl groups is 1. The van der Waals surface area contributed by atoms with E-state index in [1.54, 1.807) is 0 Å². The molecule has 3 fully saturated rings. The minimum atomic E-state index is -0.516. The highest BCUT2D eigenvalue weighted by molar-refractivity contribution is 5.84. The predicted octanol–water partition coefficient (Wildman–Crippen LogP) is 4.95. The van der Waals surface area contributed by atoms with Gasteiger partial charge in [-0.25, -0.2) is 4.79 Å². The second-order valence-electron chi connectivity index (χ2n) is 12.3. The number of hydrogen-bond acceptors (Lipinski definition) is 5.